The van der Waals surface area contributed by atoms with E-state index in [4.69, 9.17) is 22.6 Å². The Morgan fingerprint density at radius 3 is 2.81 bits per heavy atom. The van der Waals surface area contributed by atoms with E-state index in [2.05, 4.69) is 11.1 Å². The zero-order valence-electron chi connectivity index (χ0n) is 10.9. The fourth-order valence-corrected chi connectivity index (χ4v) is 2.57. The number of aromatic amines is 1. The summed E-state index contributed by atoms with van der Waals surface area (Å²) in [7, 11) is 0. The molecular weight excluding hydrogens is 286 g/mol. The maximum atomic E-state index is 12.7. The van der Waals surface area contributed by atoms with Crippen LogP contribution in [0.25, 0.3) is 10.9 Å². The number of fused-ring (bicyclic) bond motifs is 1. The predicted molar refractivity (Wildman–Crippen MR) is 82.3 cm³/mol. The van der Waals surface area contributed by atoms with Crippen LogP contribution in [-0.2, 0) is 0 Å². The van der Waals surface area contributed by atoms with Crippen LogP contribution in [0.5, 0.6) is 0 Å². The molecule has 0 bridgehead atoms. The molecule has 1 aromatic heterocycles. The molecule has 1 heterocycles. The second kappa shape index (κ2) is 4.97. The summed E-state index contributed by atoms with van der Waals surface area (Å²) in [6.07, 6.45) is 1.61. The number of nitrogens with one attached hydrogen (secondary N) is 1. The molecule has 0 spiro atoms. The molecule has 0 saturated heterocycles. The lowest BCUT2D eigenvalue weighted by Gasteiger charge is -2.06. The number of aromatic nitrogens is 1. The molecule has 5 heteroatoms. The predicted octanol–water partition coefficient (Wildman–Crippen LogP) is 3.51. The molecule has 21 heavy (non-hydrogen) atoms. The number of carbonyl (C=O) groups is 1. The minimum absolute atomic E-state index is 0.242. The monoisotopic (exact) mass is 295 g/mol. The molecule has 2 aromatic carbocycles. The molecule has 0 aliphatic heterocycles. The van der Waals surface area contributed by atoms with Gasteiger partial charge in [-0.15, -0.1) is 0 Å². The summed E-state index contributed by atoms with van der Waals surface area (Å²) >= 11 is 6.09. The van der Waals surface area contributed by atoms with Crippen LogP contribution in [0.1, 0.15) is 21.5 Å². The molecule has 0 saturated carbocycles. The number of nitrogens with zero attached hydrogens (tertiary/aromatic N) is 1. The quantitative estimate of drug-likeness (QED) is 0.560. The van der Waals surface area contributed by atoms with Gasteiger partial charge in [0.1, 0.15) is 0 Å². The number of anilines is 1. The van der Waals surface area contributed by atoms with E-state index in [9.17, 15) is 4.79 Å². The van der Waals surface area contributed by atoms with Gasteiger partial charge in [0.2, 0.25) is 0 Å². The van der Waals surface area contributed by atoms with Gasteiger partial charge in [-0.1, -0.05) is 23.7 Å². The maximum Gasteiger partial charge on any atom is 0.198 e. The molecule has 0 aliphatic carbocycles. The first-order valence-corrected chi connectivity index (χ1v) is 6.59. The Morgan fingerprint density at radius 1 is 1.29 bits per heavy atom. The van der Waals surface area contributed by atoms with E-state index in [-0.39, 0.29) is 5.78 Å². The minimum Gasteiger partial charge on any atom is -0.398 e. The van der Waals surface area contributed by atoms with Gasteiger partial charge in [0.05, 0.1) is 22.2 Å². The molecule has 4 nitrogen and oxygen atoms in total. The maximum absolute atomic E-state index is 12.7. The Hall–Kier alpha value is -2.77. The summed E-state index contributed by atoms with van der Waals surface area (Å²) in [4.78, 5) is 15.7. The highest BCUT2D eigenvalue weighted by Crippen LogP contribution is 2.28. The highest BCUT2D eigenvalue weighted by atomic mass is 35.5. The third-order valence-corrected chi connectivity index (χ3v) is 3.64. The zero-order chi connectivity index (χ0) is 15.0. The summed E-state index contributed by atoms with van der Waals surface area (Å²) in [5.41, 5.74) is 8.23. The Kier molecular flexibility index (Phi) is 3.13. The summed E-state index contributed by atoms with van der Waals surface area (Å²) < 4.78 is 0. The number of nitrogen functional groups attached to an aromatic ring is 1. The summed E-state index contributed by atoms with van der Waals surface area (Å²) in [6, 6.07) is 12.1. The second-order valence-electron chi connectivity index (χ2n) is 4.61. The smallest absolute Gasteiger partial charge is 0.198 e. The van der Waals surface area contributed by atoms with Gasteiger partial charge in [-0.25, -0.2) is 0 Å². The van der Waals surface area contributed by atoms with Gasteiger partial charge in [-0.3, -0.25) is 4.79 Å². The number of benzene rings is 2. The van der Waals surface area contributed by atoms with Crippen LogP contribution in [0.3, 0.4) is 0 Å². The molecule has 102 valence electrons. The fraction of sp³-hybridized carbons (Fsp3) is 0. The molecular formula is C16H10ClN3O. The number of nitriles is 1. The summed E-state index contributed by atoms with van der Waals surface area (Å²) in [5.74, 6) is -0.242. The molecule has 0 aliphatic rings. The van der Waals surface area contributed by atoms with E-state index < -0.39 is 0 Å². The molecule has 3 rings (SSSR count). The van der Waals surface area contributed by atoms with Crippen LogP contribution in [0, 0.1) is 11.3 Å². The van der Waals surface area contributed by atoms with Gasteiger partial charge in [-0.05, 0) is 24.3 Å². The van der Waals surface area contributed by atoms with Crippen LogP contribution < -0.4 is 5.73 Å². The topological polar surface area (TPSA) is 82.7 Å². The van der Waals surface area contributed by atoms with Crippen molar-refractivity contribution in [3.8, 4) is 6.07 Å². The fourth-order valence-electron chi connectivity index (χ4n) is 2.30. The van der Waals surface area contributed by atoms with Gasteiger partial charge in [0.15, 0.2) is 5.78 Å². The number of carbonyl (C=O) groups excluding carboxylic acids is 1. The first-order valence-electron chi connectivity index (χ1n) is 6.21. The molecule has 0 radical (unpaired) electrons. The Balaban J connectivity index is 2.17. The zero-order valence-corrected chi connectivity index (χ0v) is 11.6. The van der Waals surface area contributed by atoms with Crippen molar-refractivity contribution >= 4 is 34.0 Å². The highest BCUT2D eigenvalue weighted by Gasteiger charge is 2.19. The average molecular weight is 296 g/mol. The van der Waals surface area contributed by atoms with Crippen molar-refractivity contribution in [3.05, 3.63) is 64.3 Å². The number of hydrogen-bond acceptors (Lipinski definition) is 3. The number of H-pyrrole nitrogens is 1. The van der Waals surface area contributed by atoms with Crippen molar-refractivity contribution in [1.29, 1.82) is 5.26 Å². The van der Waals surface area contributed by atoms with Crippen molar-refractivity contribution in [2.45, 2.75) is 0 Å². The molecule has 0 atom stereocenters. The summed E-state index contributed by atoms with van der Waals surface area (Å²) in [6.45, 7) is 0. The van der Waals surface area contributed by atoms with Gasteiger partial charge in [-0.2, -0.15) is 5.26 Å². The van der Waals surface area contributed by atoms with E-state index in [0.29, 0.717) is 27.4 Å². The number of nitrogens with two attached hydrogens (primary N) is 1. The second-order valence-corrected chi connectivity index (χ2v) is 5.01. The van der Waals surface area contributed by atoms with Gasteiger partial charge in [0.25, 0.3) is 0 Å². The number of rotatable bonds is 2. The highest BCUT2D eigenvalue weighted by molar-refractivity contribution is 6.36. The lowest BCUT2D eigenvalue weighted by Crippen LogP contribution is -2.05. The van der Waals surface area contributed by atoms with E-state index in [1.807, 2.05) is 0 Å². The van der Waals surface area contributed by atoms with E-state index in [1.165, 1.54) is 0 Å². The lowest BCUT2D eigenvalue weighted by atomic mass is 10.0. The molecule has 0 fully saturated rings. The van der Waals surface area contributed by atoms with E-state index >= 15 is 0 Å². The van der Waals surface area contributed by atoms with Crippen molar-refractivity contribution < 1.29 is 4.79 Å². The van der Waals surface area contributed by atoms with Crippen LogP contribution in [0.2, 0.25) is 5.02 Å². The van der Waals surface area contributed by atoms with Crippen molar-refractivity contribution in [3.63, 3.8) is 0 Å². The van der Waals surface area contributed by atoms with Crippen molar-refractivity contribution in [2.75, 3.05) is 5.73 Å². The standard InChI is InChI=1S/C16H10ClN3O/c17-12-2-1-3-13(19)15(12)16(21)11-8-20-14-6-9(7-18)4-5-10(11)14/h1-6,8,20H,19H2. The van der Waals surface area contributed by atoms with E-state index in [1.54, 1.807) is 42.6 Å². The third-order valence-electron chi connectivity index (χ3n) is 3.33. The van der Waals surface area contributed by atoms with Crippen molar-refractivity contribution in [2.24, 2.45) is 0 Å². The van der Waals surface area contributed by atoms with Crippen molar-refractivity contribution in [1.82, 2.24) is 4.98 Å². The minimum atomic E-state index is -0.242. The Morgan fingerprint density at radius 2 is 2.10 bits per heavy atom. The van der Waals surface area contributed by atoms with Crippen LogP contribution in [0.4, 0.5) is 5.69 Å². The molecule has 0 amide bonds. The van der Waals surface area contributed by atoms with Crippen LogP contribution in [0.15, 0.2) is 42.6 Å². The summed E-state index contributed by atoms with van der Waals surface area (Å²) in [5, 5.41) is 9.96. The largest absolute Gasteiger partial charge is 0.398 e. The molecule has 3 aromatic rings. The first-order chi connectivity index (χ1) is 10.1. The number of hydrogen-bond donors (Lipinski definition) is 2. The van der Waals surface area contributed by atoms with Gasteiger partial charge in [0, 0.05) is 28.4 Å². The first kappa shape index (κ1) is 13.2. The van der Waals surface area contributed by atoms with Crippen LogP contribution >= 0.6 is 11.6 Å². The number of halogens is 1. The van der Waals surface area contributed by atoms with Gasteiger partial charge < -0.3 is 10.7 Å². The average Bonchev–Trinajstić information content (AvgIpc) is 2.89. The van der Waals surface area contributed by atoms with E-state index in [0.717, 1.165) is 10.9 Å². The van der Waals surface area contributed by atoms with Gasteiger partial charge >= 0.3 is 0 Å². The Bertz CT molecular complexity index is 885. The normalized spacial score (nSPS) is 10.5. The Labute approximate surface area is 125 Å². The molecule has 0 unspecified atom stereocenters. The van der Waals surface area contributed by atoms with Crippen LogP contribution in [-0.4, -0.2) is 10.8 Å². The SMILES string of the molecule is N#Cc1ccc2c(C(=O)c3c(N)cccc3Cl)c[nH]c2c1. The molecule has 3 N–H and O–H groups in total. The number of ketones is 1. The lowest BCUT2D eigenvalue weighted by molar-refractivity contribution is 0.104. The third kappa shape index (κ3) is 2.14.